The number of aliphatic hydroxyl groups excluding tert-OH is 1. The first-order valence-electron chi connectivity index (χ1n) is 6.27. The van der Waals surface area contributed by atoms with Crippen molar-refractivity contribution in [1.82, 2.24) is 20.1 Å². The molecule has 0 saturated heterocycles. The van der Waals surface area contributed by atoms with E-state index in [-0.39, 0.29) is 24.4 Å². The minimum Gasteiger partial charge on any atom is -0.391 e. The van der Waals surface area contributed by atoms with Crippen LogP contribution in [0.5, 0.6) is 0 Å². The van der Waals surface area contributed by atoms with Crippen LogP contribution < -0.4 is 11.1 Å². The second kappa shape index (κ2) is 5.81. The number of aromatic nitrogens is 3. The van der Waals surface area contributed by atoms with Crippen LogP contribution in [0.1, 0.15) is 32.1 Å². The first kappa shape index (κ1) is 12.8. The van der Waals surface area contributed by atoms with E-state index in [9.17, 15) is 9.90 Å². The molecule has 1 amide bonds. The second-order valence-electron chi connectivity index (χ2n) is 4.68. The number of nitrogen functional groups attached to an aromatic ring is 1. The van der Waals surface area contributed by atoms with Gasteiger partial charge in [0.25, 0.3) is 0 Å². The van der Waals surface area contributed by atoms with Crippen molar-refractivity contribution in [2.45, 2.75) is 50.8 Å². The maximum absolute atomic E-state index is 11.8. The minimum absolute atomic E-state index is 0.0768. The Hall–Kier alpha value is -1.63. The molecular formula is C11H19N5O2. The molecule has 1 heterocycles. The van der Waals surface area contributed by atoms with Gasteiger partial charge in [-0.15, -0.1) is 5.10 Å². The zero-order valence-electron chi connectivity index (χ0n) is 10.2. The molecule has 1 fully saturated rings. The fourth-order valence-corrected chi connectivity index (χ4v) is 2.24. The normalized spacial score (nSPS) is 24.5. The number of aliphatic hydroxyl groups is 1. The number of carbonyl (C=O) groups excluding carboxylic acids is 1. The Labute approximate surface area is 105 Å². The molecule has 18 heavy (non-hydrogen) atoms. The van der Waals surface area contributed by atoms with Gasteiger partial charge in [0.1, 0.15) is 12.9 Å². The molecule has 0 aliphatic heterocycles. The lowest BCUT2D eigenvalue weighted by Crippen LogP contribution is -2.44. The summed E-state index contributed by atoms with van der Waals surface area (Å²) in [4.78, 5) is 15.5. The van der Waals surface area contributed by atoms with E-state index in [1.54, 1.807) is 0 Å². The maximum Gasteiger partial charge on any atom is 0.242 e. The van der Waals surface area contributed by atoms with Crippen LogP contribution in [0, 0.1) is 0 Å². The summed E-state index contributed by atoms with van der Waals surface area (Å²) in [7, 11) is 0. The molecule has 0 radical (unpaired) electrons. The molecule has 1 aromatic rings. The highest BCUT2D eigenvalue weighted by atomic mass is 16.3. The molecule has 1 aliphatic rings. The molecule has 0 spiro atoms. The monoisotopic (exact) mass is 253 g/mol. The summed E-state index contributed by atoms with van der Waals surface area (Å²) in [5, 5.41) is 16.6. The lowest BCUT2D eigenvalue weighted by Gasteiger charge is -2.21. The topological polar surface area (TPSA) is 106 Å². The van der Waals surface area contributed by atoms with Crippen molar-refractivity contribution in [3.05, 3.63) is 6.33 Å². The number of rotatable bonds is 3. The molecule has 7 nitrogen and oxygen atoms in total. The van der Waals surface area contributed by atoms with Gasteiger partial charge in [-0.1, -0.05) is 19.3 Å². The number of carbonyl (C=O) groups is 1. The summed E-state index contributed by atoms with van der Waals surface area (Å²) >= 11 is 0. The summed E-state index contributed by atoms with van der Waals surface area (Å²) < 4.78 is 1.38. The Kier molecular flexibility index (Phi) is 4.14. The van der Waals surface area contributed by atoms with E-state index in [2.05, 4.69) is 15.4 Å². The van der Waals surface area contributed by atoms with Crippen LogP contribution in [0.15, 0.2) is 6.33 Å². The van der Waals surface area contributed by atoms with Crippen LogP contribution in [-0.4, -0.2) is 37.9 Å². The Morgan fingerprint density at radius 2 is 2.28 bits per heavy atom. The maximum atomic E-state index is 11.8. The zero-order chi connectivity index (χ0) is 13.0. The van der Waals surface area contributed by atoms with Crippen LogP contribution in [0.2, 0.25) is 0 Å². The SMILES string of the molecule is Nc1ncn(CC(=O)NC2CCCCCC2O)n1. The van der Waals surface area contributed by atoms with E-state index in [0.717, 1.165) is 32.1 Å². The third kappa shape index (κ3) is 3.43. The van der Waals surface area contributed by atoms with Gasteiger partial charge in [0.05, 0.1) is 12.1 Å². The summed E-state index contributed by atoms with van der Waals surface area (Å²) in [6, 6.07) is -0.152. The van der Waals surface area contributed by atoms with E-state index >= 15 is 0 Å². The van der Waals surface area contributed by atoms with Crippen LogP contribution in [0.25, 0.3) is 0 Å². The average Bonchev–Trinajstić information content (AvgIpc) is 2.61. The Bertz CT molecular complexity index is 406. The zero-order valence-corrected chi connectivity index (χ0v) is 10.2. The lowest BCUT2D eigenvalue weighted by molar-refractivity contribution is -0.123. The average molecular weight is 253 g/mol. The molecule has 2 rings (SSSR count). The Balaban J connectivity index is 1.86. The standard InChI is InChI=1S/C11H19N5O2/c12-11-13-7-16(15-11)6-10(18)14-8-4-2-1-3-5-9(8)17/h7-9,17H,1-6H2,(H2,12,15)(H,14,18). The van der Waals surface area contributed by atoms with Crippen LogP contribution in [-0.2, 0) is 11.3 Å². The molecule has 1 aromatic heterocycles. The van der Waals surface area contributed by atoms with E-state index in [0.29, 0.717) is 0 Å². The van der Waals surface area contributed by atoms with Crippen molar-refractivity contribution in [3.8, 4) is 0 Å². The van der Waals surface area contributed by atoms with E-state index in [1.165, 1.54) is 11.0 Å². The molecule has 2 unspecified atom stereocenters. The van der Waals surface area contributed by atoms with E-state index in [1.807, 2.05) is 0 Å². The smallest absolute Gasteiger partial charge is 0.242 e. The molecule has 100 valence electrons. The van der Waals surface area contributed by atoms with Crippen molar-refractivity contribution in [3.63, 3.8) is 0 Å². The van der Waals surface area contributed by atoms with Crippen LogP contribution in [0.3, 0.4) is 0 Å². The largest absolute Gasteiger partial charge is 0.391 e. The fourth-order valence-electron chi connectivity index (χ4n) is 2.24. The molecule has 2 atom stereocenters. The predicted molar refractivity (Wildman–Crippen MR) is 65.5 cm³/mol. The molecule has 7 heteroatoms. The highest BCUT2D eigenvalue weighted by Crippen LogP contribution is 2.17. The lowest BCUT2D eigenvalue weighted by atomic mass is 10.1. The van der Waals surface area contributed by atoms with Crippen molar-refractivity contribution in [1.29, 1.82) is 0 Å². The number of anilines is 1. The van der Waals surface area contributed by atoms with Crippen molar-refractivity contribution < 1.29 is 9.90 Å². The molecule has 1 saturated carbocycles. The molecule has 0 bridgehead atoms. The number of amides is 1. The van der Waals surface area contributed by atoms with Gasteiger partial charge in [0.2, 0.25) is 11.9 Å². The first-order valence-corrected chi connectivity index (χ1v) is 6.27. The van der Waals surface area contributed by atoms with Crippen LogP contribution >= 0.6 is 0 Å². The number of hydrogen-bond acceptors (Lipinski definition) is 5. The van der Waals surface area contributed by atoms with Gasteiger partial charge in [-0.25, -0.2) is 9.67 Å². The number of nitrogens with zero attached hydrogens (tertiary/aromatic N) is 3. The second-order valence-corrected chi connectivity index (χ2v) is 4.68. The van der Waals surface area contributed by atoms with Crippen molar-refractivity contribution >= 4 is 11.9 Å². The number of nitrogens with one attached hydrogen (secondary N) is 1. The van der Waals surface area contributed by atoms with E-state index < -0.39 is 6.10 Å². The van der Waals surface area contributed by atoms with Crippen molar-refractivity contribution in [2.75, 3.05) is 5.73 Å². The summed E-state index contributed by atoms with van der Waals surface area (Å²) in [6.07, 6.45) is 5.72. The molecular weight excluding hydrogens is 234 g/mol. The first-order chi connectivity index (χ1) is 8.65. The van der Waals surface area contributed by atoms with E-state index in [4.69, 9.17) is 5.73 Å². The third-order valence-electron chi connectivity index (χ3n) is 3.19. The highest BCUT2D eigenvalue weighted by Gasteiger charge is 2.23. The Morgan fingerprint density at radius 3 is 3.00 bits per heavy atom. The molecule has 4 N–H and O–H groups in total. The van der Waals surface area contributed by atoms with Gasteiger partial charge >= 0.3 is 0 Å². The molecule has 1 aliphatic carbocycles. The van der Waals surface area contributed by atoms with Crippen molar-refractivity contribution in [2.24, 2.45) is 0 Å². The Morgan fingerprint density at radius 1 is 1.50 bits per heavy atom. The van der Waals surface area contributed by atoms with Gasteiger partial charge in [-0.2, -0.15) is 0 Å². The van der Waals surface area contributed by atoms with Gasteiger partial charge < -0.3 is 16.2 Å². The molecule has 0 aromatic carbocycles. The van der Waals surface area contributed by atoms with Gasteiger partial charge in [0, 0.05) is 0 Å². The highest BCUT2D eigenvalue weighted by molar-refractivity contribution is 5.76. The summed E-state index contributed by atoms with van der Waals surface area (Å²) in [5.41, 5.74) is 5.37. The third-order valence-corrected chi connectivity index (χ3v) is 3.19. The van der Waals surface area contributed by atoms with Gasteiger partial charge in [0.15, 0.2) is 0 Å². The minimum atomic E-state index is -0.447. The summed E-state index contributed by atoms with van der Waals surface area (Å²) in [5.74, 6) is -0.0249. The van der Waals surface area contributed by atoms with Gasteiger partial charge in [-0.05, 0) is 12.8 Å². The van der Waals surface area contributed by atoms with Gasteiger partial charge in [-0.3, -0.25) is 4.79 Å². The number of nitrogens with two attached hydrogens (primary N) is 1. The predicted octanol–water partition coefficient (Wildman–Crippen LogP) is -0.330. The summed E-state index contributed by atoms with van der Waals surface area (Å²) in [6.45, 7) is 0.0768. The quantitative estimate of drug-likeness (QED) is 0.640. The van der Waals surface area contributed by atoms with Crippen LogP contribution in [0.4, 0.5) is 5.95 Å². The number of hydrogen-bond donors (Lipinski definition) is 3. The fraction of sp³-hybridized carbons (Fsp3) is 0.727.